The number of anilines is 1. The van der Waals surface area contributed by atoms with Gasteiger partial charge in [0.15, 0.2) is 5.82 Å². The minimum atomic E-state index is -0.769. The molecule has 94 valence electrons. The zero-order valence-corrected chi connectivity index (χ0v) is 9.22. The van der Waals surface area contributed by atoms with Crippen LogP contribution in [-0.4, -0.2) is 36.4 Å². The Morgan fingerprint density at radius 3 is 2.88 bits per heavy atom. The fourth-order valence-electron chi connectivity index (χ4n) is 1.24. The molecule has 0 radical (unpaired) electrons. The molecule has 2 N–H and O–H groups in total. The summed E-state index contributed by atoms with van der Waals surface area (Å²) in [6.07, 6.45) is -0.769. The van der Waals surface area contributed by atoms with E-state index >= 15 is 0 Å². The van der Waals surface area contributed by atoms with Crippen molar-refractivity contribution in [1.29, 1.82) is 0 Å². The summed E-state index contributed by atoms with van der Waals surface area (Å²) in [7, 11) is 1.44. The van der Waals surface area contributed by atoms with Crippen LogP contribution in [0.2, 0.25) is 0 Å². The molecule has 1 aromatic carbocycles. The van der Waals surface area contributed by atoms with E-state index in [-0.39, 0.29) is 24.5 Å². The summed E-state index contributed by atoms with van der Waals surface area (Å²) in [5.74, 6) is -0.733. The predicted octanol–water partition coefficient (Wildman–Crippen LogP) is 1.15. The quantitative estimate of drug-likeness (QED) is 0.579. The number of methoxy groups -OCH3 is 1. The largest absolute Gasteiger partial charge is 0.389 e. The van der Waals surface area contributed by atoms with Gasteiger partial charge in [-0.2, -0.15) is 0 Å². The molecule has 6 nitrogen and oxygen atoms in total. The van der Waals surface area contributed by atoms with Crippen molar-refractivity contribution < 1.29 is 19.2 Å². The molecule has 0 heterocycles. The van der Waals surface area contributed by atoms with E-state index in [4.69, 9.17) is 4.74 Å². The second-order valence-electron chi connectivity index (χ2n) is 3.41. The van der Waals surface area contributed by atoms with Gasteiger partial charge in [-0.1, -0.05) is 0 Å². The third kappa shape index (κ3) is 3.97. The number of nitro benzene ring substituents is 1. The van der Waals surface area contributed by atoms with Crippen LogP contribution in [0, 0.1) is 15.9 Å². The molecule has 1 aromatic rings. The molecule has 1 unspecified atom stereocenters. The molecule has 0 aliphatic rings. The normalized spacial score (nSPS) is 12.2. The second kappa shape index (κ2) is 6.12. The maximum Gasteiger partial charge on any atom is 0.272 e. The average molecular weight is 244 g/mol. The smallest absolute Gasteiger partial charge is 0.272 e. The van der Waals surface area contributed by atoms with Gasteiger partial charge in [-0.15, -0.1) is 0 Å². The Bertz CT molecular complexity index is 400. The van der Waals surface area contributed by atoms with Crippen molar-refractivity contribution >= 4 is 11.4 Å². The lowest BCUT2D eigenvalue weighted by Gasteiger charge is -2.12. The van der Waals surface area contributed by atoms with Crippen molar-refractivity contribution in [3.63, 3.8) is 0 Å². The van der Waals surface area contributed by atoms with Gasteiger partial charge in [-0.05, 0) is 6.07 Å². The molecule has 0 amide bonds. The highest BCUT2D eigenvalue weighted by Gasteiger charge is 2.11. The topological polar surface area (TPSA) is 84.6 Å². The Morgan fingerprint density at radius 2 is 2.35 bits per heavy atom. The molecule has 0 fully saturated rings. The lowest BCUT2D eigenvalue weighted by atomic mass is 10.2. The number of rotatable bonds is 6. The number of non-ortho nitro benzene ring substituents is 1. The van der Waals surface area contributed by atoms with Crippen LogP contribution in [0.1, 0.15) is 0 Å². The van der Waals surface area contributed by atoms with E-state index in [9.17, 15) is 19.6 Å². The lowest BCUT2D eigenvalue weighted by molar-refractivity contribution is -0.385. The number of ether oxygens (including phenoxy) is 1. The number of aliphatic hydroxyl groups excluding tert-OH is 1. The maximum absolute atomic E-state index is 13.4. The maximum atomic E-state index is 13.4. The molecule has 1 rings (SSSR count). The van der Waals surface area contributed by atoms with Gasteiger partial charge in [0, 0.05) is 19.7 Å². The number of nitrogens with one attached hydrogen (secondary N) is 1. The Kier molecular flexibility index (Phi) is 4.80. The van der Waals surface area contributed by atoms with Gasteiger partial charge in [0.2, 0.25) is 0 Å². The standard InChI is InChI=1S/C10H13FN2O4/c1-17-6-8(14)5-12-10-3-2-7(13(15)16)4-9(10)11/h2-4,8,12,14H,5-6H2,1H3. The highest BCUT2D eigenvalue weighted by molar-refractivity contribution is 5.50. The number of nitro groups is 1. The molecule has 0 spiro atoms. The van der Waals surface area contributed by atoms with Gasteiger partial charge in [-0.25, -0.2) is 4.39 Å². The molecular formula is C10H13FN2O4. The van der Waals surface area contributed by atoms with E-state index in [1.54, 1.807) is 0 Å². The molecule has 1 atom stereocenters. The van der Waals surface area contributed by atoms with Crippen LogP contribution < -0.4 is 5.32 Å². The number of aliphatic hydroxyl groups is 1. The zero-order valence-electron chi connectivity index (χ0n) is 9.22. The molecule has 7 heteroatoms. The minimum Gasteiger partial charge on any atom is -0.389 e. The number of halogens is 1. The molecule has 0 aliphatic carbocycles. The van der Waals surface area contributed by atoms with Gasteiger partial charge in [-0.3, -0.25) is 10.1 Å². The van der Waals surface area contributed by atoms with Gasteiger partial charge < -0.3 is 15.2 Å². The molecule has 17 heavy (non-hydrogen) atoms. The first-order valence-corrected chi connectivity index (χ1v) is 4.89. The first kappa shape index (κ1) is 13.3. The molecule has 0 saturated carbocycles. The second-order valence-corrected chi connectivity index (χ2v) is 3.41. The molecule has 0 aromatic heterocycles. The van der Waals surface area contributed by atoms with Crippen molar-refractivity contribution in [2.24, 2.45) is 0 Å². The third-order valence-corrected chi connectivity index (χ3v) is 2.05. The van der Waals surface area contributed by atoms with Crippen LogP contribution in [0.25, 0.3) is 0 Å². The van der Waals surface area contributed by atoms with Gasteiger partial charge in [0.25, 0.3) is 5.69 Å². The van der Waals surface area contributed by atoms with E-state index < -0.39 is 16.8 Å². The monoisotopic (exact) mass is 244 g/mol. The number of hydrogen-bond donors (Lipinski definition) is 2. The number of hydrogen-bond acceptors (Lipinski definition) is 5. The molecule has 0 aliphatic heterocycles. The van der Waals surface area contributed by atoms with Gasteiger partial charge in [0.1, 0.15) is 0 Å². The first-order valence-electron chi connectivity index (χ1n) is 4.89. The van der Waals surface area contributed by atoms with Crippen molar-refractivity contribution in [3.05, 3.63) is 34.1 Å². The van der Waals surface area contributed by atoms with Crippen LogP contribution >= 0.6 is 0 Å². The highest BCUT2D eigenvalue weighted by Crippen LogP contribution is 2.20. The first-order chi connectivity index (χ1) is 8.04. The summed E-state index contributed by atoms with van der Waals surface area (Å²) in [5.41, 5.74) is -0.212. The summed E-state index contributed by atoms with van der Waals surface area (Å²) in [6.45, 7) is 0.226. The Labute approximate surface area is 97.2 Å². The van der Waals surface area contributed by atoms with Crippen LogP contribution in [0.4, 0.5) is 15.8 Å². The van der Waals surface area contributed by atoms with Crippen LogP contribution in [0.15, 0.2) is 18.2 Å². The zero-order chi connectivity index (χ0) is 12.8. The molecular weight excluding hydrogens is 231 g/mol. The third-order valence-electron chi connectivity index (χ3n) is 2.05. The van der Waals surface area contributed by atoms with Crippen molar-refractivity contribution in [3.8, 4) is 0 Å². The Balaban J connectivity index is 2.63. The molecule has 0 saturated heterocycles. The van der Waals surface area contributed by atoms with Gasteiger partial charge in [0.05, 0.1) is 29.4 Å². The lowest BCUT2D eigenvalue weighted by Crippen LogP contribution is -2.24. The van der Waals surface area contributed by atoms with Gasteiger partial charge >= 0.3 is 0 Å². The SMILES string of the molecule is COCC(O)CNc1ccc([N+](=O)[O-])cc1F. The number of nitrogens with zero attached hydrogens (tertiary/aromatic N) is 1. The van der Waals surface area contributed by atoms with E-state index in [0.29, 0.717) is 0 Å². The summed E-state index contributed by atoms with van der Waals surface area (Å²) in [5, 5.41) is 22.3. The van der Waals surface area contributed by atoms with Crippen molar-refractivity contribution in [1.82, 2.24) is 0 Å². The van der Waals surface area contributed by atoms with Crippen LogP contribution in [-0.2, 0) is 4.74 Å². The van der Waals surface area contributed by atoms with Crippen molar-refractivity contribution in [2.75, 3.05) is 25.6 Å². The summed E-state index contributed by atoms with van der Waals surface area (Å²) in [4.78, 5) is 9.70. The Morgan fingerprint density at radius 1 is 1.65 bits per heavy atom. The fraction of sp³-hybridized carbons (Fsp3) is 0.400. The highest BCUT2D eigenvalue weighted by atomic mass is 19.1. The van der Waals surface area contributed by atoms with E-state index in [1.165, 1.54) is 19.2 Å². The van der Waals surface area contributed by atoms with Crippen molar-refractivity contribution in [2.45, 2.75) is 6.10 Å². The van der Waals surface area contributed by atoms with E-state index in [0.717, 1.165) is 6.07 Å². The van der Waals surface area contributed by atoms with E-state index in [1.807, 2.05) is 0 Å². The Hall–Kier alpha value is -1.73. The van der Waals surface area contributed by atoms with Crippen LogP contribution in [0.3, 0.4) is 0 Å². The minimum absolute atomic E-state index is 0.0998. The average Bonchev–Trinajstić information content (AvgIpc) is 2.27. The number of benzene rings is 1. The summed E-state index contributed by atoms with van der Waals surface area (Å²) >= 11 is 0. The molecule has 0 bridgehead atoms. The summed E-state index contributed by atoms with van der Waals surface area (Å²) in [6, 6.07) is 3.27. The summed E-state index contributed by atoms with van der Waals surface area (Å²) < 4.78 is 18.1. The van der Waals surface area contributed by atoms with E-state index in [2.05, 4.69) is 5.32 Å². The van der Waals surface area contributed by atoms with Crippen LogP contribution in [0.5, 0.6) is 0 Å². The predicted molar refractivity (Wildman–Crippen MR) is 59.4 cm³/mol. The fourth-order valence-corrected chi connectivity index (χ4v) is 1.24.